The predicted molar refractivity (Wildman–Crippen MR) is 104 cm³/mol. The second kappa shape index (κ2) is 7.38. The normalized spacial score (nSPS) is 36.7. The first-order valence-electron chi connectivity index (χ1n) is 11.0. The average Bonchev–Trinajstić information content (AvgIpc) is 2.66. The first-order chi connectivity index (χ1) is 13.2. The average molecular weight is 373 g/mol. The van der Waals surface area contributed by atoms with Crippen LogP contribution in [-0.2, 0) is 10.2 Å². The van der Waals surface area contributed by atoms with Crippen LogP contribution < -0.4 is 9.64 Å². The lowest BCUT2D eigenvalue weighted by Gasteiger charge is -2.57. The summed E-state index contributed by atoms with van der Waals surface area (Å²) in [4.78, 5) is 1.41. The van der Waals surface area contributed by atoms with Crippen molar-refractivity contribution < 1.29 is 19.5 Å². The molecule has 4 bridgehead atoms. The highest BCUT2D eigenvalue weighted by Crippen LogP contribution is 2.60. The molecule has 1 aromatic rings. The van der Waals surface area contributed by atoms with Crippen LogP contribution in [0.2, 0.25) is 0 Å². The Hall–Kier alpha value is -1.10. The number of benzene rings is 1. The van der Waals surface area contributed by atoms with Gasteiger partial charge in [-0.1, -0.05) is 12.1 Å². The molecule has 4 heteroatoms. The van der Waals surface area contributed by atoms with E-state index in [2.05, 4.69) is 24.3 Å². The monoisotopic (exact) mass is 372 g/mol. The second-order valence-electron chi connectivity index (χ2n) is 9.75. The molecule has 0 aromatic heterocycles. The molecule has 5 fully saturated rings. The van der Waals surface area contributed by atoms with Gasteiger partial charge in [-0.05, 0) is 79.4 Å². The van der Waals surface area contributed by atoms with Crippen LogP contribution in [0.15, 0.2) is 24.3 Å². The number of hydrogen-bond acceptors (Lipinski definition) is 3. The van der Waals surface area contributed by atoms with Gasteiger partial charge in [0, 0.05) is 0 Å². The van der Waals surface area contributed by atoms with Crippen molar-refractivity contribution >= 4 is 0 Å². The molecule has 1 saturated heterocycles. The molecule has 5 aliphatic rings. The van der Waals surface area contributed by atoms with Crippen molar-refractivity contribution in [1.29, 1.82) is 0 Å². The van der Waals surface area contributed by atoms with Gasteiger partial charge in [0.25, 0.3) is 0 Å². The molecule has 1 heterocycles. The van der Waals surface area contributed by atoms with E-state index < -0.39 is 6.10 Å². The van der Waals surface area contributed by atoms with Crippen LogP contribution in [-0.4, -0.2) is 50.7 Å². The Morgan fingerprint density at radius 3 is 2.19 bits per heavy atom. The third-order valence-corrected chi connectivity index (χ3v) is 7.67. The Morgan fingerprint density at radius 2 is 1.59 bits per heavy atom. The molecule has 2 N–H and O–H groups in total. The number of quaternary nitrogens is 1. The standard InChI is InChI=1S/C23H33NO3/c25-21(15-24-5-7-26-8-6-24)16-27-22-3-1-20(2-4-22)23-12-17-9-18(13-23)11-19(10-17)14-23/h1-4,17-19,21,25H,5-16H2/p+1. The molecular weight excluding hydrogens is 338 g/mol. The largest absolute Gasteiger partial charge is 0.491 e. The van der Waals surface area contributed by atoms with E-state index in [4.69, 9.17) is 9.47 Å². The van der Waals surface area contributed by atoms with Gasteiger partial charge in [0.2, 0.25) is 0 Å². The third-order valence-electron chi connectivity index (χ3n) is 7.67. The Labute approximate surface area is 162 Å². The minimum Gasteiger partial charge on any atom is -0.491 e. The van der Waals surface area contributed by atoms with Gasteiger partial charge in [0.15, 0.2) is 0 Å². The lowest BCUT2D eigenvalue weighted by molar-refractivity contribution is -0.911. The number of nitrogens with one attached hydrogen (secondary N) is 1. The van der Waals surface area contributed by atoms with Crippen LogP contribution in [0.5, 0.6) is 5.75 Å². The molecule has 4 aliphatic carbocycles. The first-order valence-corrected chi connectivity index (χ1v) is 11.0. The van der Waals surface area contributed by atoms with Crippen LogP contribution in [0.4, 0.5) is 0 Å². The minimum absolute atomic E-state index is 0.376. The highest BCUT2D eigenvalue weighted by molar-refractivity contribution is 5.34. The predicted octanol–water partition coefficient (Wildman–Crippen LogP) is 1.81. The Kier molecular flexibility index (Phi) is 4.91. The van der Waals surface area contributed by atoms with Crippen molar-refractivity contribution in [3.8, 4) is 5.75 Å². The first kappa shape index (κ1) is 18.0. The maximum Gasteiger partial charge on any atom is 0.137 e. The number of hydrogen-bond donors (Lipinski definition) is 2. The molecule has 1 atom stereocenters. The highest BCUT2D eigenvalue weighted by atomic mass is 16.5. The van der Waals surface area contributed by atoms with Crippen molar-refractivity contribution in [2.24, 2.45) is 17.8 Å². The Balaban J connectivity index is 1.17. The summed E-state index contributed by atoms with van der Waals surface area (Å²) in [6, 6.07) is 8.87. The van der Waals surface area contributed by atoms with E-state index >= 15 is 0 Å². The van der Waals surface area contributed by atoms with E-state index in [0.29, 0.717) is 12.0 Å². The minimum atomic E-state index is -0.416. The van der Waals surface area contributed by atoms with Gasteiger partial charge in [-0.15, -0.1) is 0 Å². The van der Waals surface area contributed by atoms with E-state index in [1.165, 1.54) is 49.0 Å². The molecule has 0 amide bonds. The summed E-state index contributed by atoms with van der Waals surface area (Å²) in [5.41, 5.74) is 1.99. The molecule has 4 saturated carbocycles. The van der Waals surface area contributed by atoms with E-state index in [9.17, 15) is 5.11 Å². The van der Waals surface area contributed by atoms with Crippen molar-refractivity contribution in [1.82, 2.24) is 0 Å². The number of ether oxygens (including phenoxy) is 2. The van der Waals surface area contributed by atoms with Crippen LogP contribution in [0, 0.1) is 17.8 Å². The van der Waals surface area contributed by atoms with Crippen LogP contribution in [0.25, 0.3) is 0 Å². The number of morpholine rings is 1. The molecule has 1 unspecified atom stereocenters. The number of aliphatic hydroxyl groups excluding tert-OH is 1. The summed E-state index contributed by atoms with van der Waals surface area (Å²) < 4.78 is 11.3. The molecule has 6 rings (SSSR count). The zero-order chi connectivity index (χ0) is 18.3. The summed E-state index contributed by atoms with van der Waals surface area (Å²) in [5.74, 6) is 3.82. The summed E-state index contributed by atoms with van der Waals surface area (Å²) in [5, 5.41) is 10.3. The fraction of sp³-hybridized carbons (Fsp3) is 0.739. The molecule has 0 radical (unpaired) electrons. The summed E-state index contributed by atoms with van der Waals surface area (Å²) >= 11 is 0. The summed E-state index contributed by atoms with van der Waals surface area (Å²) in [6.45, 7) is 4.69. The molecule has 0 spiro atoms. The van der Waals surface area contributed by atoms with Crippen LogP contribution in [0.1, 0.15) is 44.1 Å². The van der Waals surface area contributed by atoms with Gasteiger partial charge in [0.1, 0.15) is 38.1 Å². The molecule has 1 aliphatic heterocycles. The van der Waals surface area contributed by atoms with Crippen molar-refractivity contribution in [2.75, 3.05) is 39.5 Å². The SMILES string of the molecule is OC(COc1ccc(C23CC4CC(CC(C4)C2)C3)cc1)C[NH+]1CCOCC1. The van der Waals surface area contributed by atoms with Gasteiger partial charge in [-0.2, -0.15) is 0 Å². The maximum absolute atomic E-state index is 10.3. The van der Waals surface area contributed by atoms with E-state index in [1.54, 1.807) is 0 Å². The Morgan fingerprint density at radius 1 is 1.00 bits per heavy atom. The lowest BCUT2D eigenvalue weighted by atomic mass is 9.48. The van der Waals surface area contributed by atoms with Crippen molar-refractivity contribution in [3.05, 3.63) is 29.8 Å². The van der Waals surface area contributed by atoms with Crippen LogP contribution in [0.3, 0.4) is 0 Å². The van der Waals surface area contributed by atoms with Crippen molar-refractivity contribution in [2.45, 2.75) is 50.0 Å². The molecule has 1 aromatic carbocycles. The quantitative estimate of drug-likeness (QED) is 0.800. The van der Waals surface area contributed by atoms with Gasteiger partial charge < -0.3 is 19.5 Å². The van der Waals surface area contributed by atoms with Gasteiger partial charge in [-0.3, -0.25) is 0 Å². The van der Waals surface area contributed by atoms with Gasteiger partial charge in [0.05, 0.1) is 13.2 Å². The molecular formula is C23H34NO3+. The van der Waals surface area contributed by atoms with Gasteiger partial charge in [-0.25, -0.2) is 0 Å². The molecule has 148 valence electrons. The van der Waals surface area contributed by atoms with E-state index in [-0.39, 0.29) is 0 Å². The van der Waals surface area contributed by atoms with Crippen LogP contribution >= 0.6 is 0 Å². The second-order valence-corrected chi connectivity index (χ2v) is 9.75. The fourth-order valence-corrected chi connectivity index (χ4v) is 6.82. The maximum atomic E-state index is 10.3. The van der Waals surface area contributed by atoms with Crippen molar-refractivity contribution in [3.63, 3.8) is 0 Å². The zero-order valence-electron chi connectivity index (χ0n) is 16.4. The number of aliphatic hydroxyl groups is 1. The van der Waals surface area contributed by atoms with E-state index in [0.717, 1.165) is 56.4 Å². The Bertz CT molecular complexity index is 602. The topological polar surface area (TPSA) is 43.1 Å². The third kappa shape index (κ3) is 3.76. The number of rotatable bonds is 6. The van der Waals surface area contributed by atoms with E-state index in [1.807, 2.05) is 0 Å². The smallest absolute Gasteiger partial charge is 0.137 e. The summed E-state index contributed by atoms with van der Waals surface area (Å²) in [6.07, 6.45) is 8.26. The lowest BCUT2D eigenvalue weighted by Crippen LogP contribution is -3.15. The molecule has 4 nitrogen and oxygen atoms in total. The zero-order valence-corrected chi connectivity index (χ0v) is 16.4. The highest BCUT2D eigenvalue weighted by Gasteiger charge is 2.51. The fourth-order valence-electron chi connectivity index (χ4n) is 6.82. The molecule has 27 heavy (non-hydrogen) atoms. The summed E-state index contributed by atoms with van der Waals surface area (Å²) in [7, 11) is 0. The van der Waals surface area contributed by atoms with Gasteiger partial charge >= 0.3 is 0 Å².